The molecular weight excluding hydrogens is 366 g/mol. The van der Waals surface area contributed by atoms with E-state index >= 15 is 0 Å². The Morgan fingerprint density at radius 2 is 1.89 bits per heavy atom. The van der Waals surface area contributed by atoms with E-state index in [1.54, 1.807) is 38.1 Å². The van der Waals surface area contributed by atoms with Crippen molar-refractivity contribution in [1.29, 1.82) is 0 Å². The van der Waals surface area contributed by atoms with Gasteiger partial charge in [0.25, 0.3) is 5.91 Å². The number of para-hydroxylation sites is 1. The maximum atomic E-state index is 12.3. The molecule has 0 fully saturated rings. The summed E-state index contributed by atoms with van der Waals surface area (Å²) in [5.41, 5.74) is 0.357. The van der Waals surface area contributed by atoms with Gasteiger partial charge in [0.1, 0.15) is 0 Å². The van der Waals surface area contributed by atoms with E-state index in [-0.39, 0.29) is 37.1 Å². The van der Waals surface area contributed by atoms with Crippen LogP contribution in [0.2, 0.25) is 0 Å². The summed E-state index contributed by atoms with van der Waals surface area (Å²) >= 11 is 0. The highest BCUT2D eigenvalue weighted by Crippen LogP contribution is 2.20. The Balaban J connectivity index is 1.99. The molecule has 2 rings (SSSR count). The van der Waals surface area contributed by atoms with Gasteiger partial charge >= 0.3 is 5.97 Å². The number of ketones is 1. The van der Waals surface area contributed by atoms with Crippen LogP contribution in [-0.2, 0) is 28.7 Å². The van der Waals surface area contributed by atoms with Gasteiger partial charge in [-0.3, -0.25) is 14.4 Å². The number of amides is 2. The fourth-order valence-electron chi connectivity index (χ4n) is 2.46. The average molecular weight is 389 g/mol. The molecule has 0 aromatic heterocycles. The van der Waals surface area contributed by atoms with E-state index in [0.29, 0.717) is 12.2 Å². The number of anilines is 1. The zero-order chi connectivity index (χ0) is 20.5. The monoisotopic (exact) mass is 389 g/mol. The predicted molar refractivity (Wildman–Crippen MR) is 99.9 cm³/mol. The molecule has 1 aromatic rings. The van der Waals surface area contributed by atoms with Gasteiger partial charge in [-0.15, -0.1) is 0 Å². The summed E-state index contributed by atoms with van der Waals surface area (Å²) in [6.45, 7) is 3.20. The van der Waals surface area contributed by atoms with Crippen LogP contribution in [0.4, 0.5) is 5.69 Å². The second kappa shape index (κ2) is 10.1. The first-order valence-electron chi connectivity index (χ1n) is 8.90. The summed E-state index contributed by atoms with van der Waals surface area (Å²) in [6, 6.07) is 8.87. The molecule has 1 aliphatic heterocycles. The molecule has 1 aromatic carbocycles. The molecule has 2 amide bonds. The second-order valence-corrected chi connectivity index (χ2v) is 5.84. The van der Waals surface area contributed by atoms with Crippen molar-refractivity contribution in [1.82, 2.24) is 10.2 Å². The van der Waals surface area contributed by atoms with Gasteiger partial charge in [-0.25, -0.2) is 4.79 Å². The van der Waals surface area contributed by atoms with Crippen molar-refractivity contribution in [3.8, 4) is 0 Å². The van der Waals surface area contributed by atoms with Crippen molar-refractivity contribution in [2.24, 2.45) is 0 Å². The fourth-order valence-corrected chi connectivity index (χ4v) is 2.46. The first-order valence-corrected chi connectivity index (χ1v) is 8.90. The minimum Gasteiger partial charge on any atom is -0.470 e. The quantitative estimate of drug-likeness (QED) is 0.465. The lowest BCUT2D eigenvalue weighted by Gasteiger charge is -2.20. The van der Waals surface area contributed by atoms with E-state index in [9.17, 15) is 19.2 Å². The first kappa shape index (κ1) is 20.9. The van der Waals surface area contributed by atoms with Gasteiger partial charge < -0.3 is 25.0 Å². The summed E-state index contributed by atoms with van der Waals surface area (Å²) in [5.74, 6) is -2.34. The zero-order valence-corrected chi connectivity index (χ0v) is 15.8. The molecule has 9 heteroatoms. The number of carbonyl (C=O) groups is 4. The number of carbonyl (C=O) groups excluding carboxylic acids is 4. The third kappa shape index (κ3) is 5.57. The molecule has 1 heterocycles. The number of likely N-dealkylation sites (N-methyl/N-ethyl adjacent to an activating group) is 2. The van der Waals surface area contributed by atoms with Gasteiger partial charge in [-0.2, -0.15) is 0 Å². The SMILES string of the molecule is CCNC(=O)CN(CC)C(=O)COC(=O)C1=C(Nc2ccccc2)OCC1=O. The van der Waals surface area contributed by atoms with Crippen molar-refractivity contribution in [2.75, 3.05) is 38.2 Å². The molecule has 2 N–H and O–H groups in total. The van der Waals surface area contributed by atoms with Crippen LogP contribution in [-0.4, -0.2) is 61.3 Å². The molecule has 0 radical (unpaired) electrons. The number of nitrogens with zero attached hydrogens (tertiary/aromatic N) is 1. The van der Waals surface area contributed by atoms with Crippen LogP contribution < -0.4 is 10.6 Å². The molecule has 28 heavy (non-hydrogen) atoms. The molecule has 0 saturated carbocycles. The van der Waals surface area contributed by atoms with Gasteiger partial charge in [0.05, 0.1) is 6.54 Å². The lowest BCUT2D eigenvalue weighted by atomic mass is 10.2. The van der Waals surface area contributed by atoms with Gasteiger partial charge in [0, 0.05) is 18.8 Å². The summed E-state index contributed by atoms with van der Waals surface area (Å²) in [7, 11) is 0. The first-order chi connectivity index (χ1) is 13.5. The zero-order valence-electron chi connectivity index (χ0n) is 15.8. The minimum atomic E-state index is -0.955. The van der Waals surface area contributed by atoms with E-state index < -0.39 is 24.3 Å². The predicted octanol–water partition coefficient (Wildman–Crippen LogP) is 0.437. The van der Waals surface area contributed by atoms with Crippen LogP contribution in [0.3, 0.4) is 0 Å². The largest absolute Gasteiger partial charge is 0.470 e. The lowest BCUT2D eigenvalue weighted by molar-refractivity contribution is -0.150. The van der Waals surface area contributed by atoms with Crippen LogP contribution in [0.5, 0.6) is 0 Å². The molecule has 0 saturated heterocycles. The van der Waals surface area contributed by atoms with Crippen LogP contribution in [0.25, 0.3) is 0 Å². The van der Waals surface area contributed by atoms with E-state index in [0.717, 1.165) is 0 Å². The number of ether oxygens (including phenoxy) is 2. The van der Waals surface area contributed by atoms with Crippen molar-refractivity contribution in [2.45, 2.75) is 13.8 Å². The maximum Gasteiger partial charge on any atom is 0.347 e. The van der Waals surface area contributed by atoms with E-state index in [1.807, 2.05) is 6.07 Å². The highest BCUT2D eigenvalue weighted by atomic mass is 16.5. The molecule has 9 nitrogen and oxygen atoms in total. The van der Waals surface area contributed by atoms with E-state index in [1.165, 1.54) is 4.90 Å². The molecule has 150 valence electrons. The van der Waals surface area contributed by atoms with Gasteiger partial charge in [-0.05, 0) is 26.0 Å². The lowest BCUT2D eigenvalue weighted by Crippen LogP contribution is -2.42. The molecule has 1 aliphatic rings. The summed E-state index contributed by atoms with van der Waals surface area (Å²) in [4.78, 5) is 49.4. The Morgan fingerprint density at radius 1 is 1.18 bits per heavy atom. The van der Waals surface area contributed by atoms with Gasteiger partial charge in [0.15, 0.2) is 18.8 Å². The highest BCUT2D eigenvalue weighted by Gasteiger charge is 2.33. The Labute approximate surface area is 162 Å². The van der Waals surface area contributed by atoms with E-state index in [4.69, 9.17) is 9.47 Å². The van der Waals surface area contributed by atoms with Gasteiger partial charge in [0.2, 0.25) is 17.6 Å². The maximum absolute atomic E-state index is 12.3. The number of benzene rings is 1. The summed E-state index contributed by atoms with van der Waals surface area (Å²) in [5, 5.41) is 5.44. The number of Topliss-reactive ketones (excluding diaryl/α,β-unsaturated/α-hetero) is 1. The van der Waals surface area contributed by atoms with Gasteiger partial charge in [-0.1, -0.05) is 18.2 Å². The Bertz CT molecular complexity index is 775. The third-order valence-corrected chi connectivity index (χ3v) is 3.86. The molecular formula is C19H23N3O6. The number of nitrogens with one attached hydrogen (secondary N) is 2. The number of esters is 1. The smallest absolute Gasteiger partial charge is 0.347 e. The van der Waals surface area contributed by atoms with E-state index in [2.05, 4.69) is 10.6 Å². The Morgan fingerprint density at radius 3 is 2.54 bits per heavy atom. The summed E-state index contributed by atoms with van der Waals surface area (Å²) < 4.78 is 10.2. The standard InChI is InChI=1S/C19H23N3O6/c1-3-20-15(24)10-22(4-2)16(25)12-28-19(26)17-14(23)11-27-18(17)21-13-8-6-5-7-9-13/h5-9,21H,3-4,10-12H2,1-2H3,(H,20,24). The second-order valence-electron chi connectivity index (χ2n) is 5.84. The summed E-state index contributed by atoms with van der Waals surface area (Å²) in [6.07, 6.45) is 0. The van der Waals surface area contributed by atoms with Crippen LogP contribution in [0.15, 0.2) is 41.8 Å². The topological polar surface area (TPSA) is 114 Å². The molecule has 0 aliphatic carbocycles. The molecule has 0 bridgehead atoms. The Hall–Kier alpha value is -3.36. The van der Waals surface area contributed by atoms with Crippen molar-refractivity contribution < 1.29 is 28.7 Å². The van der Waals surface area contributed by atoms with Crippen molar-refractivity contribution in [3.05, 3.63) is 41.8 Å². The number of hydrogen-bond acceptors (Lipinski definition) is 7. The van der Waals surface area contributed by atoms with Crippen LogP contribution >= 0.6 is 0 Å². The van der Waals surface area contributed by atoms with Crippen LogP contribution in [0, 0.1) is 0 Å². The Kier molecular flexibility index (Phi) is 7.55. The van der Waals surface area contributed by atoms with Crippen molar-refractivity contribution in [3.63, 3.8) is 0 Å². The molecule has 0 unspecified atom stereocenters. The normalized spacial score (nSPS) is 13.0. The molecule has 0 atom stereocenters. The van der Waals surface area contributed by atoms with Crippen molar-refractivity contribution >= 4 is 29.3 Å². The highest BCUT2D eigenvalue weighted by molar-refractivity contribution is 6.20. The minimum absolute atomic E-state index is 0.0108. The third-order valence-electron chi connectivity index (χ3n) is 3.86. The number of rotatable bonds is 9. The number of hydrogen-bond donors (Lipinski definition) is 2. The fraction of sp³-hybridized carbons (Fsp3) is 0.368. The molecule has 0 spiro atoms. The van der Waals surface area contributed by atoms with Crippen LogP contribution in [0.1, 0.15) is 13.8 Å². The average Bonchev–Trinajstić information content (AvgIpc) is 3.05.